The number of carbonyl (C=O) groups excluding carboxylic acids is 1. The number of alkyl halides is 2. The Hall–Kier alpha value is -3.37. The number of carboxylic acid groups (broad SMARTS) is 1. The molecule has 180 valence electrons. The molecule has 11 heteroatoms. The molecule has 0 bridgehead atoms. The Morgan fingerprint density at radius 3 is 2.55 bits per heavy atom. The lowest BCUT2D eigenvalue weighted by molar-refractivity contribution is -0.0515. The maximum Gasteiger partial charge on any atom is 0.408 e. The lowest BCUT2D eigenvalue weighted by Gasteiger charge is -2.21. The van der Waals surface area contributed by atoms with Gasteiger partial charge in [0.2, 0.25) is 5.89 Å². The minimum absolute atomic E-state index is 0.0660. The number of nitrogens with one attached hydrogen (secondary N) is 1. The molecule has 0 saturated heterocycles. The first-order valence-corrected chi connectivity index (χ1v) is 10.4. The minimum atomic E-state index is -3.04. The molecule has 2 aromatic rings. The Bertz CT molecular complexity index is 1010. The van der Waals surface area contributed by atoms with Crippen LogP contribution in [0.4, 0.5) is 13.6 Å². The molecule has 1 aliphatic rings. The summed E-state index contributed by atoms with van der Waals surface area (Å²) >= 11 is 0. The van der Waals surface area contributed by atoms with E-state index < -0.39 is 36.0 Å². The van der Waals surface area contributed by atoms with Crippen molar-refractivity contribution in [3.8, 4) is 23.0 Å². The van der Waals surface area contributed by atoms with Crippen molar-refractivity contribution in [2.24, 2.45) is 5.92 Å². The number of hydrogen-bond donors (Lipinski definition) is 2. The van der Waals surface area contributed by atoms with Gasteiger partial charge < -0.3 is 29.1 Å². The molecule has 0 aliphatic heterocycles. The van der Waals surface area contributed by atoms with Crippen molar-refractivity contribution in [2.75, 3.05) is 6.61 Å². The number of oxazole rings is 1. The van der Waals surface area contributed by atoms with Crippen molar-refractivity contribution in [3.63, 3.8) is 0 Å². The molecule has 0 radical (unpaired) electrons. The molecule has 1 saturated carbocycles. The van der Waals surface area contributed by atoms with Gasteiger partial charge in [0.25, 0.3) is 0 Å². The Labute approximate surface area is 189 Å². The zero-order chi connectivity index (χ0) is 24.3. The summed E-state index contributed by atoms with van der Waals surface area (Å²) in [6.07, 6.45) is 1.24. The van der Waals surface area contributed by atoms with Gasteiger partial charge in [0.05, 0.1) is 12.6 Å². The zero-order valence-electron chi connectivity index (χ0n) is 18.7. The highest BCUT2D eigenvalue weighted by atomic mass is 19.3. The van der Waals surface area contributed by atoms with Crippen molar-refractivity contribution in [1.82, 2.24) is 10.3 Å². The second kappa shape index (κ2) is 9.63. The summed E-state index contributed by atoms with van der Waals surface area (Å²) in [5, 5.41) is 12.1. The second-order valence-electron chi connectivity index (χ2n) is 8.70. The van der Waals surface area contributed by atoms with Gasteiger partial charge in [0.1, 0.15) is 5.60 Å². The van der Waals surface area contributed by atoms with Gasteiger partial charge in [-0.2, -0.15) is 8.78 Å². The number of amides is 1. The molecule has 1 heterocycles. The molecule has 0 unspecified atom stereocenters. The van der Waals surface area contributed by atoms with Crippen molar-refractivity contribution >= 4 is 12.1 Å². The number of nitrogens with zero attached hydrogens (tertiary/aromatic N) is 1. The van der Waals surface area contributed by atoms with Crippen LogP contribution in [0, 0.1) is 5.92 Å². The summed E-state index contributed by atoms with van der Waals surface area (Å²) in [5.74, 6) is -1.27. The summed E-state index contributed by atoms with van der Waals surface area (Å²) in [4.78, 5) is 27.8. The summed E-state index contributed by atoms with van der Waals surface area (Å²) < 4.78 is 46.5. The Balaban J connectivity index is 1.88. The fraction of sp³-hybridized carbons (Fsp3) is 0.500. The lowest BCUT2D eigenvalue weighted by Crippen LogP contribution is -2.34. The van der Waals surface area contributed by atoms with Crippen molar-refractivity contribution < 1.29 is 42.1 Å². The van der Waals surface area contributed by atoms with E-state index in [1.54, 1.807) is 20.8 Å². The van der Waals surface area contributed by atoms with Gasteiger partial charge in [0, 0.05) is 5.56 Å². The van der Waals surface area contributed by atoms with E-state index in [4.69, 9.17) is 13.9 Å². The molecule has 0 spiro atoms. The number of halogens is 2. The van der Waals surface area contributed by atoms with Crippen molar-refractivity contribution in [1.29, 1.82) is 0 Å². The third-order valence-corrected chi connectivity index (χ3v) is 4.56. The number of carboxylic acids is 1. The number of benzene rings is 1. The Morgan fingerprint density at radius 1 is 1.27 bits per heavy atom. The van der Waals surface area contributed by atoms with Crippen LogP contribution in [0.5, 0.6) is 11.5 Å². The topological polar surface area (TPSA) is 120 Å². The zero-order valence-corrected chi connectivity index (χ0v) is 18.7. The van der Waals surface area contributed by atoms with E-state index in [-0.39, 0.29) is 23.1 Å². The van der Waals surface area contributed by atoms with Gasteiger partial charge in [-0.3, -0.25) is 0 Å². The minimum Gasteiger partial charge on any atom is -0.489 e. The Morgan fingerprint density at radius 2 is 1.97 bits per heavy atom. The van der Waals surface area contributed by atoms with Crippen molar-refractivity contribution in [3.05, 3.63) is 29.7 Å². The standard InChI is InChI=1S/C22H26F2N2O7/c1-11(25-21(29)33-22(2,3)4)17-16(19(27)28)26-18(32-17)13-7-8-14(31-20(23)24)15(9-13)30-10-12-5-6-12/h7-9,11-12,20H,5-6,10H2,1-4H3,(H,25,29)(H,27,28)/t11-/m1/s1. The SMILES string of the molecule is C[C@@H](NC(=O)OC(C)(C)C)c1oc(-c2ccc(OC(F)F)c(OCC3CC3)c2)nc1C(=O)O. The number of aromatic nitrogens is 1. The van der Waals surface area contributed by atoms with Crippen molar-refractivity contribution in [2.45, 2.75) is 58.8 Å². The number of alkyl carbamates (subject to hydrolysis) is 1. The lowest BCUT2D eigenvalue weighted by atomic mass is 10.2. The van der Waals surface area contributed by atoms with Gasteiger partial charge in [0.15, 0.2) is 23.0 Å². The fourth-order valence-electron chi connectivity index (χ4n) is 2.89. The summed E-state index contributed by atoms with van der Waals surface area (Å²) in [6.45, 7) is 3.90. The van der Waals surface area contributed by atoms with Crippen LogP contribution < -0.4 is 14.8 Å². The number of hydrogen-bond acceptors (Lipinski definition) is 7. The first-order chi connectivity index (χ1) is 15.4. The molecular formula is C22H26F2N2O7. The van der Waals surface area contributed by atoms with E-state index >= 15 is 0 Å². The van der Waals surface area contributed by atoms with E-state index in [1.165, 1.54) is 25.1 Å². The maximum atomic E-state index is 12.8. The predicted octanol–water partition coefficient (Wildman–Crippen LogP) is 5.02. The van der Waals surface area contributed by atoms with Gasteiger partial charge in [-0.25, -0.2) is 14.6 Å². The van der Waals surface area contributed by atoms with E-state index in [2.05, 4.69) is 15.0 Å². The molecule has 1 fully saturated rings. The van der Waals surface area contributed by atoms with E-state index in [1.807, 2.05) is 0 Å². The van der Waals surface area contributed by atoms with E-state index in [0.29, 0.717) is 18.1 Å². The fourth-order valence-corrected chi connectivity index (χ4v) is 2.89. The van der Waals surface area contributed by atoms with Crippen LogP contribution in [0.15, 0.2) is 22.6 Å². The third kappa shape index (κ3) is 6.80. The van der Waals surface area contributed by atoms with Gasteiger partial charge >= 0.3 is 18.7 Å². The highest BCUT2D eigenvalue weighted by Crippen LogP contribution is 2.37. The van der Waals surface area contributed by atoms with Crippen LogP contribution in [0.1, 0.15) is 62.8 Å². The predicted molar refractivity (Wildman–Crippen MR) is 112 cm³/mol. The molecule has 1 atom stereocenters. The first-order valence-electron chi connectivity index (χ1n) is 10.4. The number of rotatable bonds is 9. The highest BCUT2D eigenvalue weighted by Gasteiger charge is 2.28. The van der Waals surface area contributed by atoms with Crippen LogP contribution in [0.3, 0.4) is 0 Å². The summed E-state index contributed by atoms with van der Waals surface area (Å²) in [6, 6.07) is 3.19. The number of aromatic carboxylic acids is 1. The summed E-state index contributed by atoms with van der Waals surface area (Å²) in [7, 11) is 0. The normalized spacial score (nSPS) is 14.6. The quantitative estimate of drug-likeness (QED) is 0.527. The van der Waals surface area contributed by atoms with E-state index in [0.717, 1.165) is 12.8 Å². The number of ether oxygens (including phenoxy) is 3. The van der Waals surface area contributed by atoms with Gasteiger partial charge in [-0.15, -0.1) is 0 Å². The van der Waals surface area contributed by atoms with Crippen LogP contribution in [0.2, 0.25) is 0 Å². The molecule has 3 rings (SSSR count). The molecule has 1 aromatic carbocycles. The molecule has 1 aromatic heterocycles. The molecule has 1 aliphatic carbocycles. The highest BCUT2D eigenvalue weighted by molar-refractivity contribution is 5.87. The van der Waals surface area contributed by atoms with E-state index in [9.17, 15) is 23.5 Å². The summed E-state index contributed by atoms with van der Waals surface area (Å²) in [5.41, 5.74) is -0.854. The van der Waals surface area contributed by atoms with Crippen LogP contribution >= 0.6 is 0 Å². The average Bonchev–Trinajstić information content (AvgIpc) is 3.40. The number of carbonyl (C=O) groups is 2. The molecule has 9 nitrogen and oxygen atoms in total. The Kier molecular flexibility index (Phi) is 7.09. The van der Waals surface area contributed by atoms with Gasteiger partial charge in [-0.1, -0.05) is 0 Å². The third-order valence-electron chi connectivity index (χ3n) is 4.56. The van der Waals surface area contributed by atoms with Crippen LogP contribution in [0.25, 0.3) is 11.5 Å². The molecular weight excluding hydrogens is 442 g/mol. The smallest absolute Gasteiger partial charge is 0.408 e. The van der Waals surface area contributed by atoms with Crippen LogP contribution in [-0.4, -0.2) is 41.0 Å². The maximum absolute atomic E-state index is 12.8. The first kappa shape index (κ1) is 24.3. The average molecular weight is 468 g/mol. The molecule has 1 amide bonds. The molecule has 2 N–H and O–H groups in total. The second-order valence-corrected chi connectivity index (χ2v) is 8.70. The largest absolute Gasteiger partial charge is 0.489 e. The van der Waals surface area contributed by atoms with Gasteiger partial charge in [-0.05, 0) is 64.7 Å². The monoisotopic (exact) mass is 468 g/mol. The molecule has 33 heavy (non-hydrogen) atoms. The van der Waals surface area contributed by atoms with Crippen LogP contribution in [-0.2, 0) is 4.74 Å².